The van der Waals surface area contributed by atoms with Gasteiger partial charge in [-0.05, 0) is 11.6 Å². The molecule has 1 rings (SSSR count). The van der Waals surface area contributed by atoms with Crippen molar-refractivity contribution in [3.63, 3.8) is 0 Å². The van der Waals surface area contributed by atoms with Crippen LogP contribution in [0.1, 0.15) is 19.8 Å². The number of hydrogen-bond acceptors (Lipinski definition) is 6. The Morgan fingerprint density at radius 3 is 2.67 bits per heavy atom. The lowest BCUT2D eigenvalue weighted by Gasteiger charge is -2.13. The average molecular weight is 305 g/mol. The highest BCUT2D eigenvalue weighted by Gasteiger charge is 2.54. The fourth-order valence-corrected chi connectivity index (χ4v) is 2.74. The molecule has 0 atom stereocenters. The number of rotatable bonds is 4. The number of amidine groups is 1. The summed E-state index contributed by atoms with van der Waals surface area (Å²) in [6.45, 7) is 1.55. The zero-order chi connectivity index (χ0) is 14.0. The number of nitrogens with zero attached hydrogens (tertiary/aromatic N) is 2. The van der Waals surface area contributed by atoms with Gasteiger partial charge in [-0.15, -0.1) is 0 Å². The fraction of sp³-hybridized carbons (Fsp3) is 0.571. The molecule has 104 valence electrons. The maximum atomic E-state index is 13.3. The Bertz CT molecular complexity index is 579. The second-order valence-corrected chi connectivity index (χ2v) is 6.83. The molecule has 0 aromatic carbocycles. The molecule has 1 heterocycles. The second kappa shape index (κ2) is 4.90. The molecule has 0 saturated heterocycles. The first-order valence-electron chi connectivity index (χ1n) is 4.81. The predicted octanol–water partition coefficient (Wildman–Crippen LogP) is 0.889. The van der Waals surface area contributed by atoms with Crippen LogP contribution < -0.4 is 0 Å². The van der Waals surface area contributed by atoms with Crippen molar-refractivity contribution in [2.75, 3.05) is 5.75 Å². The SMILES string of the molecule is CCCS(=O)(=O)ON=C1CC=CS(=O)(=O)[N+]1(F)F. The van der Waals surface area contributed by atoms with Gasteiger partial charge in [0.05, 0.1) is 26.5 Å². The fourth-order valence-electron chi connectivity index (χ4n) is 1.08. The van der Waals surface area contributed by atoms with Crippen molar-refractivity contribution in [2.45, 2.75) is 19.8 Å². The number of quaternary nitrogens is 1. The van der Waals surface area contributed by atoms with E-state index in [1.807, 2.05) is 0 Å². The van der Waals surface area contributed by atoms with Crippen molar-refractivity contribution in [3.8, 4) is 0 Å². The summed E-state index contributed by atoms with van der Waals surface area (Å²) in [5.74, 6) is -1.61. The Kier molecular flexibility index (Phi) is 4.08. The number of hydrogen-bond donors (Lipinski definition) is 0. The normalized spacial score (nSPS) is 24.1. The van der Waals surface area contributed by atoms with Gasteiger partial charge in [-0.3, -0.25) is 4.28 Å². The van der Waals surface area contributed by atoms with Gasteiger partial charge in [-0.25, -0.2) is 0 Å². The summed E-state index contributed by atoms with van der Waals surface area (Å²) in [4.78, 5) is 0. The maximum Gasteiger partial charge on any atom is 0.398 e. The van der Waals surface area contributed by atoms with Crippen LogP contribution in [0.4, 0.5) is 8.96 Å². The first-order valence-corrected chi connectivity index (χ1v) is 7.89. The van der Waals surface area contributed by atoms with Crippen LogP contribution in [0.5, 0.6) is 0 Å². The van der Waals surface area contributed by atoms with E-state index < -0.39 is 42.5 Å². The Hall–Kier alpha value is -1.07. The summed E-state index contributed by atoms with van der Waals surface area (Å²) < 4.78 is 71.3. The minimum Gasteiger partial charge on any atom is -0.263 e. The van der Waals surface area contributed by atoms with Crippen molar-refractivity contribution < 1.29 is 34.4 Å². The van der Waals surface area contributed by atoms with Gasteiger partial charge in [-0.1, -0.05) is 13.0 Å². The van der Waals surface area contributed by atoms with Gasteiger partial charge in [0.15, 0.2) is 0 Å². The summed E-state index contributed by atoms with van der Waals surface area (Å²) >= 11 is 0. The van der Waals surface area contributed by atoms with E-state index in [9.17, 15) is 25.8 Å². The number of sulfonamides is 1. The Morgan fingerprint density at radius 1 is 1.50 bits per heavy atom. The van der Waals surface area contributed by atoms with E-state index in [2.05, 4.69) is 9.44 Å². The summed E-state index contributed by atoms with van der Waals surface area (Å²) in [5.41, 5.74) is 0. The van der Waals surface area contributed by atoms with Crippen molar-refractivity contribution in [1.29, 1.82) is 0 Å². The molecule has 1 aliphatic rings. The molecule has 11 heteroatoms. The molecule has 0 aromatic heterocycles. The van der Waals surface area contributed by atoms with Gasteiger partial charge in [0.25, 0.3) is 0 Å². The molecule has 0 fully saturated rings. The van der Waals surface area contributed by atoms with Crippen LogP contribution in [0, 0.1) is 0 Å². The molecule has 7 nitrogen and oxygen atoms in total. The van der Waals surface area contributed by atoms with Crippen LogP contribution in [-0.2, 0) is 24.4 Å². The minimum absolute atomic E-state index is 0.219. The van der Waals surface area contributed by atoms with E-state index in [0.29, 0.717) is 5.41 Å². The van der Waals surface area contributed by atoms with Gasteiger partial charge in [0, 0.05) is 0 Å². The van der Waals surface area contributed by atoms with Gasteiger partial charge in [0.1, 0.15) is 0 Å². The quantitative estimate of drug-likeness (QED) is 0.568. The highest BCUT2D eigenvalue weighted by molar-refractivity contribution is 7.89. The maximum absolute atomic E-state index is 13.3. The molecule has 0 spiro atoms. The molecule has 0 radical (unpaired) electrons. The van der Waals surface area contributed by atoms with Crippen LogP contribution in [-0.4, -0.2) is 32.8 Å². The molecule has 18 heavy (non-hydrogen) atoms. The Morgan fingerprint density at radius 2 is 2.11 bits per heavy atom. The van der Waals surface area contributed by atoms with Crippen molar-refractivity contribution >= 4 is 26.0 Å². The smallest absolute Gasteiger partial charge is 0.263 e. The van der Waals surface area contributed by atoms with Crippen LogP contribution in [0.3, 0.4) is 0 Å². The van der Waals surface area contributed by atoms with E-state index >= 15 is 0 Å². The zero-order valence-corrected chi connectivity index (χ0v) is 10.9. The summed E-state index contributed by atoms with van der Waals surface area (Å²) in [6, 6.07) is 0. The summed E-state index contributed by atoms with van der Waals surface area (Å²) in [7, 11) is -8.94. The third-order valence-corrected chi connectivity index (χ3v) is 4.50. The lowest BCUT2D eigenvalue weighted by molar-refractivity contribution is -1.00. The summed E-state index contributed by atoms with van der Waals surface area (Å²) in [6.07, 6.45) is 0.629. The molecule has 0 amide bonds. The predicted molar refractivity (Wildman–Crippen MR) is 57.8 cm³/mol. The van der Waals surface area contributed by atoms with Gasteiger partial charge in [-0.2, -0.15) is 16.8 Å². The van der Waals surface area contributed by atoms with E-state index in [1.54, 1.807) is 6.92 Å². The van der Waals surface area contributed by atoms with Crippen LogP contribution >= 0.6 is 0 Å². The lowest BCUT2D eigenvalue weighted by Crippen LogP contribution is -2.43. The zero-order valence-electron chi connectivity index (χ0n) is 9.28. The Labute approximate surface area is 103 Å². The highest BCUT2D eigenvalue weighted by Crippen LogP contribution is 2.27. The van der Waals surface area contributed by atoms with E-state index in [-0.39, 0.29) is 6.42 Å². The van der Waals surface area contributed by atoms with Gasteiger partial charge >= 0.3 is 26.0 Å². The lowest BCUT2D eigenvalue weighted by atomic mass is 10.4. The Balaban J connectivity index is 3.02. The van der Waals surface area contributed by atoms with Crippen molar-refractivity contribution in [1.82, 2.24) is 0 Å². The van der Waals surface area contributed by atoms with Gasteiger partial charge < -0.3 is 0 Å². The molecule has 0 bridgehead atoms. The molecule has 0 unspecified atom stereocenters. The average Bonchev–Trinajstić information content (AvgIpc) is 2.20. The number of oxime groups is 1. The molecule has 0 aliphatic carbocycles. The standard InChI is InChI=1S/C7H11F2N2O5S2/c1-2-5-18(14,15)16-10-7-4-3-6-17(12,13)11(7,8)9/h3,6H,2,4-5H2,1H3/q+1. The topological polar surface area (TPSA) is 89.9 Å². The molecular weight excluding hydrogens is 294 g/mol. The first kappa shape index (κ1) is 15.0. The third-order valence-electron chi connectivity index (χ3n) is 1.90. The van der Waals surface area contributed by atoms with Gasteiger partial charge in [0.2, 0.25) is 4.33 Å². The minimum atomic E-state index is -4.87. The molecule has 0 aromatic rings. The van der Waals surface area contributed by atoms with E-state index in [0.717, 1.165) is 6.08 Å². The second-order valence-electron chi connectivity index (χ2n) is 3.40. The van der Waals surface area contributed by atoms with Crippen LogP contribution in [0.2, 0.25) is 0 Å². The van der Waals surface area contributed by atoms with Crippen LogP contribution in [0.15, 0.2) is 16.6 Å². The largest absolute Gasteiger partial charge is 0.398 e. The number of halogens is 2. The van der Waals surface area contributed by atoms with Crippen molar-refractivity contribution in [3.05, 3.63) is 11.5 Å². The first-order chi connectivity index (χ1) is 8.12. The summed E-state index contributed by atoms with van der Waals surface area (Å²) in [5, 5.41) is 3.08. The monoisotopic (exact) mass is 305 g/mol. The van der Waals surface area contributed by atoms with E-state index in [4.69, 9.17) is 0 Å². The molecule has 0 saturated carbocycles. The molecular formula is C7H11F2N2O5S2+. The third kappa shape index (κ3) is 3.03. The highest BCUT2D eigenvalue weighted by atomic mass is 32.2. The van der Waals surface area contributed by atoms with Crippen LogP contribution in [0.25, 0.3) is 0 Å². The molecule has 1 aliphatic heterocycles. The van der Waals surface area contributed by atoms with Crippen molar-refractivity contribution in [2.24, 2.45) is 5.16 Å². The van der Waals surface area contributed by atoms with E-state index in [1.165, 1.54) is 0 Å². The molecule has 0 N–H and O–H groups in total.